The van der Waals surface area contributed by atoms with E-state index in [1.165, 1.54) is 6.21 Å². The predicted octanol–water partition coefficient (Wildman–Crippen LogP) is 5.11. The first kappa shape index (κ1) is 21.1. The molecule has 0 bridgehead atoms. The van der Waals surface area contributed by atoms with Gasteiger partial charge in [-0.25, -0.2) is 10.2 Å². The van der Waals surface area contributed by atoms with E-state index in [4.69, 9.17) is 16.3 Å². The molecule has 4 aromatic rings. The van der Waals surface area contributed by atoms with Gasteiger partial charge in [0.1, 0.15) is 5.75 Å². The average molecular weight is 444 g/mol. The molecule has 0 aliphatic heterocycles. The minimum atomic E-state index is -0.556. The summed E-state index contributed by atoms with van der Waals surface area (Å²) in [5.41, 5.74) is 4.70. The normalized spacial score (nSPS) is 10.8. The number of aromatic nitrogens is 1. The van der Waals surface area contributed by atoms with Crippen molar-refractivity contribution in [2.75, 3.05) is 0 Å². The van der Waals surface area contributed by atoms with Crippen LogP contribution in [0.1, 0.15) is 26.3 Å². The fourth-order valence-corrected chi connectivity index (χ4v) is 3.27. The molecule has 0 unspecified atom stereocenters. The van der Waals surface area contributed by atoms with Crippen molar-refractivity contribution < 1.29 is 14.3 Å². The number of halogens is 1. The maximum atomic E-state index is 12.6. The van der Waals surface area contributed by atoms with Crippen LogP contribution in [0, 0.1) is 0 Å². The number of hydrogen-bond acceptors (Lipinski definition) is 4. The van der Waals surface area contributed by atoms with Crippen LogP contribution in [0.4, 0.5) is 0 Å². The number of amides is 1. The summed E-state index contributed by atoms with van der Waals surface area (Å²) < 4.78 is 7.26. The maximum Gasteiger partial charge on any atom is 0.345 e. The fourth-order valence-electron chi connectivity index (χ4n) is 3.06. The van der Waals surface area contributed by atoms with Gasteiger partial charge in [0.25, 0.3) is 5.91 Å². The van der Waals surface area contributed by atoms with Gasteiger partial charge in [-0.15, -0.1) is 0 Å². The third-order valence-corrected chi connectivity index (χ3v) is 4.90. The van der Waals surface area contributed by atoms with Crippen molar-refractivity contribution >= 4 is 29.7 Å². The molecule has 0 radical (unpaired) electrons. The van der Waals surface area contributed by atoms with E-state index in [0.29, 0.717) is 21.9 Å². The Kier molecular flexibility index (Phi) is 6.43. The molecule has 6 nitrogen and oxygen atoms in total. The third kappa shape index (κ3) is 4.94. The van der Waals surface area contributed by atoms with Gasteiger partial charge in [-0.3, -0.25) is 4.79 Å². The first-order chi connectivity index (χ1) is 15.6. The van der Waals surface area contributed by atoms with Crippen molar-refractivity contribution in [3.8, 4) is 11.4 Å². The number of ether oxygens (including phenoxy) is 1. The molecule has 0 saturated heterocycles. The largest absolute Gasteiger partial charge is 0.423 e. The van der Waals surface area contributed by atoms with E-state index in [1.54, 1.807) is 60.7 Å². The van der Waals surface area contributed by atoms with Gasteiger partial charge in [0, 0.05) is 12.4 Å². The Morgan fingerprint density at radius 2 is 1.59 bits per heavy atom. The van der Waals surface area contributed by atoms with Crippen molar-refractivity contribution in [3.05, 3.63) is 119 Å². The van der Waals surface area contributed by atoms with Crippen LogP contribution in [-0.2, 0) is 0 Å². The lowest BCUT2D eigenvalue weighted by Gasteiger charge is -2.09. The highest BCUT2D eigenvalue weighted by atomic mass is 35.5. The van der Waals surface area contributed by atoms with Crippen molar-refractivity contribution in [1.82, 2.24) is 9.99 Å². The zero-order chi connectivity index (χ0) is 22.3. The fraction of sp³-hybridized carbons (Fsp3) is 0. The van der Waals surface area contributed by atoms with Crippen LogP contribution in [0.3, 0.4) is 0 Å². The number of esters is 1. The van der Waals surface area contributed by atoms with Crippen LogP contribution in [0.15, 0.2) is 102 Å². The Morgan fingerprint density at radius 3 is 2.38 bits per heavy atom. The number of carbonyl (C=O) groups excluding carboxylic acids is 2. The molecule has 1 N–H and O–H groups in total. The van der Waals surface area contributed by atoms with E-state index in [9.17, 15) is 9.59 Å². The Bertz CT molecular complexity index is 1280. The Morgan fingerprint density at radius 1 is 0.875 bits per heavy atom. The smallest absolute Gasteiger partial charge is 0.345 e. The first-order valence-electron chi connectivity index (χ1n) is 9.74. The average Bonchev–Trinajstić information content (AvgIpc) is 3.34. The molecule has 0 aliphatic carbocycles. The Balaban J connectivity index is 1.43. The number of benzene rings is 3. The number of nitrogens with zero attached hydrogens (tertiary/aromatic N) is 2. The molecule has 1 amide bonds. The summed E-state index contributed by atoms with van der Waals surface area (Å²) in [7, 11) is 0. The zero-order valence-corrected chi connectivity index (χ0v) is 17.6. The lowest BCUT2D eigenvalue weighted by Crippen LogP contribution is -2.19. The third-order valence-electron chi connectivity index (χ3n) is 4.57. The summed E-state index contributed by atoms with van der Waals surface area (Å²) in [4.78, 5) is 25.0. The highest BCUT2D eigenvalue weighted by Gasteiger charge is 2.13. The van der Waals surface area contributed by atoms with E-state index in [1.807, 2.05) is 41.2 Å². The standard InChI is InChI=1S/C25H18ClN3O3/c26-22-12-3-1-10-20(22)25(31)32-19-9-7-8-18(16-19)17-27-28-24(30)21-11-2-4-13-23(21)29-14-5-6-15-29/h1-17H,(H,28,30)/b27-17+. The highest BCUT2D eigenvalue weighted by molar-refractivity contribution is 6.33. The first-order valence-corrected chi connectivity index (χ1v) is 10.1. The SMILES string of the molecule is O=C(Oc1cccc(/C=N/NC(=O)c2ccccc2-n2cccc2)c1)c1ccccc1Cl. The van der Waals surface area contributed by atoms with Gasteiger partial charge in [-0.05, 0) is 54.1 Å². The Labute approximate surface area is 189 Å². The number of nitrogens with one attached hydrogen (secondary N) is 1. The second kappa shape index (κ2) is 9.76. The summed E-state index contributed by atoms with van der Waals surface area (Å²) in [6, 6.07) is 24.5. The van der Waals surface area contributed by atoms with E-state index >= 15 is 0 Å². The molecule has 7 heteroatoms. The molecule has 1 heterocycles. The molecular formula is C25H18ClN3O3. The van der Waals surface area contributed by atoms with E-state index in [2.05, 4.69) is 10.5 Å². The van der Waals surface area contributed by atoms with Crippen LogP contribution in [0.5, 0.6) is 5.75 Å². The number of para-hydroxylation sites is 1. The van der Waals surface area contributed by atoms with Gasteiger partial charge in [0.05, 0.1) is 28.1 Å². The van der Waals surface area contributed by atoms with Crippen molar-refractivity contribution in [1.29, 1.82) is 0 Å². The van der Waals surface area contributed by atoms with Gasteiger partial charge in [-0.1, -0.05) is 48.0 Å². The van der Waals surface area contributed by atoms with Crippen LogP contribution in [0.25, 0.3) is 5.69 Å². The molecule has 1 aromatic heterocycles. The van der Waals surface area contributed by atoms with Gasteiger partial charge in [0.15, 0.2) is 0 Å². The lowest BCUT2D eigenvalue weighted by atomic mass is 10.1. The molecule has 0 spiro atoms. The minimum Gasteiger partial charge on any atom is -0.423 e. The number of carbonyl (C=O) groups is 2. The molecule has 3 aromatic carbocycles. The summed E-state index contributed by atoms with van der Waals surface area (Å²) in [5, 5.41) is 4.36. The topological polar surface area (TPSA) is 72.7 Å². The van der Waals surface area contributed by atoms with Crippen LogP contribution >= 0.6 is 11.6 Å². The molecular weight excluding hydrogens is 426 g/mol. The summed E-state index contributed by atoms with van der Waals surface area (Å²) in [6.07, 6.45) is 5.21. The summed E-state index contributed by atoms with van der Waals surface area (Å²) in [5.74, 6) is -0.561. The number of hydrogen-bond donors (Lipinski definition) is 1. The second-order valence-electron chi connectivity index (χ2n) is 6.75. The van der Waals surface area contributed by atoms with Gasteiger partial charge in [-0.2, -0.15) is 5.10 Å². The zero-order valence-electron chi connectivity index (χ0n) is 16.8. The van der Waals surface area contributed by atoms with Gasteiger partial charge < -0.3 is 9.30 Å². The van der Waals surface area contributed by atoms with Crippen LogP contribution < -0.4 is 10.2 Å². The Hall–Kier alpha value is -4.16. The van der Waals surface area contributed by atoms with E-state index < -0.39 is 5.97 Å². The summed E-state index contributed by atoms with van der Waals surface area (Å²) >= 11 is 6.05. The quantitative estimate of drug-likeness (QED) is 0.195. The molecule has 32 heavy (non-hydrogen) atoms. The number of hydrazone groups is 1. The maximum absolute atomic E-state index is 12.6. The van der Waals surface area contributed by atoms with Crippen molar-refractivity contribution in [2.45, 2.75) is 0 Å². The molecule has 0 aliphatic rings. The number of rotatable bonds is 6. The van der Waals surface area contributed by atoms with Crippen molar-refractivity contribution in [2.24, 2.45) is 5.10 Å². The van der Waals surface area contributed by atoms with Gasteiger partial charge in [0.2, 0.25) is 0 Å². The molecule has 4 rings (SSSR count). The van der Waals surface area contributed by atoms with Crippen molar-refractivity contribution in [3.63, 3.8) is 0 Å². The monoisotopic (exact) mass is 443 g/mol. The summed E-state index contributed by atoms with van der Waals surface area (Å²) in [6.45, 7) is 0. The molecule has 0 saturated carbocycles. The van der Waals surface area contributed by atoms with E-state index in [-0.39, 0.29) is 11.5 Å². The molecule has 0 atom stereocenters. The van der Waals surface area contributed by atoms with E-state index in [0.717, 1.165) is 5.69 Å². The molecule has 0 fully saturated rings. The predicted molar refractivity (Wildman–Crippen MR) is 124 cm³/mol. The lowest BCUT2D eigenvalue weighted by molar-refractivity contribution is 0.0734. The minimum absolute atomic E-state index is 0.279. The van der Waals surface area contributed by atoms with Crippen LogP contribution in [-0.4, -0.2) is 22.7 Å². The molecule has 158 valence electrons. The van der Waals surface area contributed by atoms with Crippen LogP contribution in [0.2, 0.25) is 5.02 Å². The second-order valence-corrected chi connectivity index (χ2v) is 7.16. The van der Waals surface area contributed by atoms with Gasteiger partial charge >= 0.3 is 5.97 Å². The highest BCUT2D eigenvalue weighted by Crippen LogP contribution is 2.19.